The zero-order chi connectivity index (χ0) is 12.7. The van der Waals surface area contributed by atoms with Gasteiger partial charge in [-0.1, -0.05) is 34.1 Å². The number of carbonyl (C=O) groups excluding carboxylic acids is 1. The summed E-state index contributed by atoms with van der Waals surface area (Å²) >= 11 is 0. The van der Waals surface area contributed by atoms with Crippen LogP contribution in [-0.4, -0.2) is 18.9 Å². The fraction of sp³-hybridized carbons (Fsp3) is 0.933. The van der Waals surface area contributed by atoms with E-state index in [0.29, 0.717) is 11.7 Å². The van der Waals surface area contributed by atoms with Gasteiger partial charge in [0.2, 0.25) is 0 Å². The molecule has 0 aromatic heterocycles. The van der Waals surface area contributed by atoms with Crippen molar-refractivity contribution in [3.8, 4) is 0 Å². The van der Waals surface area contributed by atoms with Crippen LogP contribution in [0.25, 0.3) is 0 Å². The van der Waals surface area contributed by atoms with E-state index in [1.165, 1.54) is 19.3 Å². The second kappa shape index (κ2) is 4.38. The molecule has 2 nitrogen and oxygen atoms in total. The van der Waals surface area contributed by atoms with Gasteiger partial charge >= 0.3 is 0 Å². The second-order valence-electron chi connectivity index (χ2n) is 6.73. The molecule has 2 fully saturated rings. The fourth-order valence-corrected chi connectivity index (χ4v) is 4.07. The topological polar surface area (TPSA) is 29.1 Å². The summed E-state index contributed by atoms with van der Waals surface area (Å²) in [6.45, 7) is 11.0. The van der Waals surface area contributed by atoms with Crippen molar-refractivity contribution in [3.05, 3.63) is 0 Å². The van der Waals surface area contributed by atoms with Gasteiger partial charge in [0.15, 0.2) is 0 Å². The van der Waals surface area contributed by atoms with E-state index in [4.69, 9.17) is 0 Å². The third-order valence-corrected chi connectivity index (χ3v) is 5.74. The quantitative estimate of drug-likeness (QED) is 0.745. The number of Topliss-reactive ketones (excluding diaryl/α,β-unsaturated/α-hetero) is 1. The van der Waals surface area contributed by atoms with Crippen LogP contribution in [0.5, 0.6) is 0 Å². The van der Waals surface area contributed by atoms with Gasteiger partial charge in [0.25, 0.3) is 0 Å². The monoisotopic (exact) mass is 237 g/mol. The SMILES string of the molecule is CCCCNCC1C(=O)C2(C)CCC1C2(C)C. The molecule has 2 aliphatic carbocycles. The maximum Gasteiger partial charge on any atom is 0.143 e. The molecule has 0 amide bonds. The molecular weight excluding hydrogens is 210 g/mol. The Morgan fingerprint density at radius 1 is 1.35 bits per heavy atom. The van der Waals surface area contributed by atoms with Gasteiger partial charge in [-0.15, -0.1) is 0 Å². The van der Waals surface area contributed by atoms with E-state index in [1.807, 2.05) is 0 Å². The highest BCUT2D eigenvalue weighted by molar-refractivity contribution is 5.91. The molecule has 1 N–H and O–H groups in total. The van der Waals surface area contributed by atoms with Crippen molar-refractivity contribution in [3.63, 3.8) is 0 Å². The largest absolute Gasteiger partial charge is 0.316 e. The molecule has 0 aliphatic heterocycles. The van der Waals surface area contributed by atoms with Gasteiger partial charge in [-0.3, -0.25) is 4.79 Å². The molecule has 2 saturated carbocycles. The van der Waals surface area contributed by atoms with Gasteiger partial charge in [-0.05, 0) is 37.1 Å². The molecule has 3 atom stereocenters. The van der Waals surface area contributed by atoms with Crippen molar-refractivity contribution in [2.24, 2.45) is 22.7 Å². The lowest BCUT2D eigenvalue weighted by Gasteiger charge is -2.32. The van der Waals surface area contributed by atoms with E-state index < -0.39 is 0 Å². The molecule has 98 valence electrons. The summed E-state index contributed by atoms with van der Waals surface area (Å²) < 4.78 is 0. The third-order valence-electron chi connectivity index (χ3n) is 5.74. The standard InChI is InChI=1S/C15H27NO/c1-5-6-9-16-10-11-12-7-8-15(4,13(11)17)14(12,2)3/h11-12,16H,5-10H2,1-4H3. The molecule has 0 radical (unpaired) electrons. The number of rotatable bonds is 5. The van der Waals surface area contributed by atoms with Gasteiger partial charge in [0.1, 0.15) is 5.78 Å². The van der Waals surface area contributed by atoms with E-state index >= 15 is 0 Å². The van der Waals surface area contributed by atoms with Crippen LogP contribution >= 0.6 is 0 Å². The minimum Gasteiger partial charge on any atom is -0.316 e. The lowest BCUT2D eigenvalue weighted by atomic mass is 9.70. The van der Waals surface area contributed by atoms with E-state index in [1.54, 1.807) is 0 Å². The average Bonchev–Trinajstić information content (AvgIpc) is 2.58. The summed E-state index contributed by atoms with van der Waals surface area (Å²) in [5, 5.41) is 3.48. The normalized spacial score (nSPS) is 38.9. The number of unbranched alkanes of at least 4 members (excludes halogenated alkanes) is 1. The van der Waals surface area contributed by atoms with Crippen LogP contribution in [0.4, 0.5) is 0 Å². The number of hydrogen-bond acceptors (Lipinski definition) is 2. The first kappa shape index (κ1) is 13.1. The Labute approximate surface area is 106 Å². The van der Waals surface area contributed by atoms with Crippen LogP contribution in [0.1, 0.15) is 53.4 Å². The Hall–Kier alpha value is -0.370. The highest BCUT2D eigenvalue weighted by atomic mass is 16.1. The molecule has 2 bridgehead atoms. The van der Waals surface area contributed by atoms with Crippen LogP contribution in [0.15, 0.2) is 0 Å². The maximum atomic E-state index is 12.5. The molecular formula is C15H27NO. The number of nitrogens with one attached hydrogen (secondary N) is 1. The van der Waals surface area contributed by atoms with E-state index in [2.05, 4.69) is 33.0 Å². The molecule has 2 rings (SSSR count). The zero-order valence-electron chi connectivity index (χ0n) is 11.8. The predicted octanol–water partition coefficient (Wildman–Crippen LogP) is 3.02. The summed E-state index contributed by atoms with van der Waals surface area (Å²) in [5.74, 6) is 1.41. The van der Waals surface area contributed by atoms with Crippen LogP contribution in [0.2, 0.25) is 0 Å². The van der Waals surface area contributed by atoms with Gasteiger partial charge in [-0.2, -0.15) is 0 Å². The van der Waals surface area contributed by atoms with Crippen LogP contribution in [0, 0.1) is 22.7 Å². The first-order chi connectivity index (χ1) is 7.95. The molecule has 0 spiro atoms. The molecule has 0 heterocycles. The first-order valence-electron chi connectivity index (χ1n) is 7.20. The second-order valence-corrected chi connectivity index (χ2v) is 6.73. The highest BCUT2D eigenvalue weighted by Gasteiger charge is 2.65. The van der Waals surface area contributed by atoms with E-state index in [9.17, 15) is 4.79 Å². The van der Waals surface area contributed by atoms with Gasteiger partial charge in [-0.25, -0.2) is 0 Å². The lowest BCUT2D eigenvalue weighted by Crippen LogP contribution is -2.36. The van der Waals surface area contributed by atoms with Crippen molar-refractivity contribution < 1.29 is 4.79 Å². The van der Waals surface area contributed by atoms with Crippen molar-refractivity contribution in [1.82, 2.24) is 5.32 Å². The van der Waals surface area contributed by atoms with Crippen molar-refractivity contribution in [2.75, 3.05) is 13.1 Å². The number of ketones is 1. The minimum atomic E-state index is -0.0469. The Balaban J connectivity index is 2.00. The zero-order valence-corrected chi connectivity index (χ0v) is 11.8. The van der Waals surface area contributed by atoms with Crippen molar-refractivity contribution >= 4 is 5.78 Å². The first-order valence-corrected chi connectivity index (χ1v) is 7.20. The Morgan fingerprint density at radius 2 is 2.06 bits per heavy atom. The van der Waals surface area contributed by atoms with Crippen LogP contribution in [0.3, 0.4) is 0 Å². The van der Waals surface area contributed by atoms with Crippen LogP contribution < -0.4 is 5.32 Å². The van der Waals surface area contributed by atoms with E-state index in [-0.39, 0.29) is 16.7 Å². The van der Waals surface area contributed by atoms with Gasteiger partial charge in [0.05, 0.1) is 0 Å². The molecule has 2 heteroatoms. The van der Waals surface area contributed by atoms with E-state index in [0.717, 1.165) is 19.5 Å². The van der Waals surface area contributed by atoms with Gasteiger partial charge < -0.3 is 5.32 Å². The van der Waals surface area contributed by atoms with Crippen molar-refractivity contribution in [1.29, 1.82) is 0 Å². The summed E-state index contributed by atoms with van der Waals surface area (Å²) in [7, 11) is 0. The Bertz CT molecular complexity index is 310. The average molecular weight is 237 g/mol. The summed E-state index contributed by atoms with van der Waals surface area (Å²) in [6.07, 6.45) is 4.79. The molecule has 3 unspecified atom stereocenters. The Kier molecular flexibility index (Phi) is 3.37. The van der Waals surface area contributed by atoms with Gasteiger partial charge in [0, 0.05) is 17.9 Å². The number of hydrogen-bond donors (Lipinski definition) is 1. The lowest BCUT2D eigenvalue weighted by molar-refractivity contribution is -0.131. The number of fused-ring (bicyclic) bond motifs is 2. The third kappa shape index (κ3) is 1.76. The fourth-order valence-electron chi connectivity index (χ4n) is 4.07. The predicted molar refractivity (Wildman–Crippen MR) is 70.9 cm³/mol. The number of carbonyl (C=O) groups is 1. The summed E-state index contributed by atoms with van der Waals surface area (Å²) in [6, 6.07) is 0. The Morgan fingerprint density at radius 3 is 2.59 bits per heavy atom. The maximum absolute atomic E-state index is 12.5. The minimum absolute atomic E-state index is 0.0469. The van der Waals surface area contributed by atoms with Crippen LogP contribution in [-0.2, 0) is 4.79 Å². The molecule has 0 saturated heterocycles. The molecule has 0 aromatic carbocycles. The molecule has 2 aliphatic rings. The highest BCUT2D eigenvalue weighted by Crippen LogP contribution is 2.65. The summed E-state index contributed by atoms with van der Waals surface area (Å²) in [4.78, 5) is 12.5. The molecule has 0 aromatic rings. The molecule has 17 heavy (non-hydrogen) atoms. The smallest absolute Gasteiger partial charge is 0.143 e. The summed E-state index contributed by atoms with van der Waals surface area (Å²) in [5.41, 5.74) is 0.163. The van der Waals surface area contributed by atoms with Crippen molar-refractivity contribution in [2.45, 2.75) is 53.4 Å².